The second-order valence-corrected chi connectivity index (χ2v) is 4.06. The molecule has 0 fully saturated rings. The van der Waals surface area contributed by atoms with Crippen molar-refractivity contribution in [1.82, 2.24) is 4.98 Å². The summed E-state index contributed by atoms with van der Waals surface area (Å²) >= 11 is 0. The number of benzene rings is 1. The van der Waals surface area contributed by atoms with E-state index in [9.17, 15) is 4.79 Å². The van der Waals surface area contributed by atoms with Crippen LogP contribution in [-0.4, -0.2) is 10.9 Å². The summed E-state index contributed by atoms with van der Waals surface area (Å²) in [5, 5.41) is 3.86. The fourth-order valence-corrected chi connectivity index (χ4v) is 1.43. The maximum Gasteiger partial charge on any atom is 0.226 e. The highest BCUT2D eigenvalue weighted by Crippen LogP contribution is 2.16. The molecule has 1 N–H and O–H groups in total. The lowest BCUT2D eigenvalue weighted by atomic mass is 10.2. The van der Waals surface area contributed by atoms with Gasteiger partial charge in [0.1, 0.15) is 0 Å². The van der Waals surface area contributed by atoms with Crippen LogP contribution in [0, 0.1) is 5.92 Å². The average Bonchev–Trinajstić information content (AvgIpc) is 2.28. The number of anilines is 1. The summed E-state index contributed by atoms with van der Waals surface area (Å²) in [4.78, 5) is 15.8. The molecule has 16 heavy (non-hydrogen) atoms. The Morgan fingerprint density at radius 3 is 2.81 bits per heavy atom. The summed E-state index contributed by atoms with van der Waals surface area (Å²) in [6.07, 6.45) is 1.68. The Labute approximate surface area is 94.5 Å². The van der Waals surface area contributed by atoms with Gasteiger partial charge in [0.15, 0.2) is 0 Å². The van der Waals surface area contributed by atoms with Gasteiger partial charge in [-0.05, 0) is 12.1 Å². The Bertz CT molecular complexity index is 520. The summed E-state index contributed by atoms with van der Waals surface area (Å²) in [6.45, 7) is 3.73. The topological polar surface area (TPSA) is 42.0 Å². The zero-order valence-electron chi connectivity index (χ0n) is 9.40. The molecule has 0 saturated carbocycles. The van der Waals surface area contributed by atoms with Crippen LogP contribution in [0.5, 0.6) is 0 Å². The highest BCUT2D eigenvalue weighted by molar-refractivity contribution is 5.94. The first-order valence-electron chi connectivity index (χ1n) is 5.32. The molecule has 82 valence electrons. The van der Waals surface area contributed by atoms with Gasteiger partial charge in [0, 0.05) is 11.3 Å². The number of carbonyl (C=O) groups is 1. The number of hydrogen-bond acceptors (Lipinski definition) is 2. The van der Waals surface area contributed by atoms with Crippen LogP contribution >= 0.6 is 0 Å². The molecule has 0 atom stereocenters. The number of aromatic nitrogens is 1. The number of pyridine rings is 1. The van der Waals surface area contributed by atoms with Crippen molar-refractivity contribution in [1.29, 1.82) is 0 Å². The Kier molecular flexibility index (Phi) is 2.86. The van der Waals surface area contributed by atoms with Crippen molar-refractivity contribution in [2.75, 3.05) is 5.32 Å². The van der Waals surface area contributed by atoms with Crippen LogP contribution in [0.15, 0.2) is 36.5 Å². The predicted octanol–water partition coefficient (Wildman–Crippen LogP) is 2.83. The van der Waals surface area contributed by atoms with Crippen LogP contribution < -0.4 is 5.32 Å². The van der Waals surface area contributed by atoms with Crippen molar-refractivity contribution in [2.45, 2.75) is 13.8 Å². The SMILES string of the molecule is CC(C)C(=O)Nc1cnc2ccccc2c1. The van der Waals surface area contributed by atoms with E-state index in [2.05, 4.69) is 10.3 Å². The van der Waals surface area contributed by atoms with E-state index < -0.39 is 0 Å². The van der Waals surface area contributed by atoms with Crippen molar-refractivity contribution < 1.29 is 4.79 Å². The van der Waals surface area contributed by atoms with E-state index in [1.807, 2.05) is 44.2 Å². The zero-order valence-corrected chi connectivity index (χ0v) is 9.40. The minimum absolute atomic E-state index is 0.0112. The van der Waals surface area contributed by atoms with E-state index in [4.69, 9.17) is 0 Å². The number of hydrogen-bond donors (Lipinski definition) is 1. The van der Waals surface area contributed by atoms with Crippen LogP contribution in [0.3, 0.4) is 0 Å². The van der Waals surface area contributed by atoms with Crippen molar-refractivity contribution in [3.63, 3.8) is 0 Å². The number of amides is 1. The standard InChI is InChI=1S/C13H14N2O/c1-9(2)13(16)15-11-7-10-5-3-4-6-12(10)14-8-11/h3-9H,1-2H3,(H,15,16). The Balaban J connectivity index is 2.29. The monoisotopic (exact) mass is 214 g/mol. The molecule has 1 amide bonds. The Morgan fingerprint density at radius 2 is 2.06 bits per heavy atom. The third-order valence-electron chi connectivity index (χ3n) is 2.38. The maximum atomic E-state index is 11.5. The zero-order chi connectivity index (χ0) is 11.5. The predicted molar refractivity (Wildman–Crippen MR) is 65.2 cm³/mol. The van der Waals surface area contributed by atoms with Crippen molar-refractivity contribution in [2.24, 2.45) is 5.92 Å². The third-order valence-corrected chi connectivity index (χ3v) is 2.38. The molecule has 0 saturated heterocycles. The largest absolute Gasteiger partial charge is 0.324 e. The molecule has 3 heteroatoms. The third kappa shape index (κ3) is 2.19. The van der Waals surface area contributed by atoms with Gasteiger partial charge in [-0.25, -0.2) is 0 Å². The first kappa shape index (κ1) is 10.6. The molecular weight excluding hydrogens is 200 g/mol. The molecule has 2 aromatic rings. The highest BCUT2D eigenvalue weighted by Gasteiger charge is 2.07. The smallest absolute Gasteiger partial charge is 0.226 e. The quantitative estimate of drug-likeness (QED) is 0.835. The van der Waals surface area contributed by atoms with E-state index in [0.29, 0.717) is 0 Å². The molecule has 0 unspecified atom stereocenters. The molecule has 0 aliphatic heterocycles. The fraction of sp³-hybridized carbons (Fsp3) is 0.231. The first-order chi connectivity index (χ1) is 7.66. The Morgan fingerprint density at radius 1 is 1.31 bits per heavy atom. The van der Waals surface area contributed by atoms with Gasteiger partial charge in [0.2, 0.25) is 5.91 Å². The van der Waals surface area contributed by atoms with Gasteiger partial charge in [0.05, 0.1) is 17.4 Å². The van der Waals surface area contributed by atoms with E-state index >= 15 is 0 Å². The molecule has 3 nitrogen and oxygen atoms in total. The fourth-order valence-electron chi connectivity index (χ4n) is 1.43. The molecule has 0 aliphatic rings. The van der Waals surface area contributed by atoms with Crippen molar-refractivity contribution in [3.8, 4) is 0 Å². The summed E-state index contributed by atoms with van der Waals surface area (Å²) < 4.78 is 0. The molecular formula is C13H14N2O. The van der Waals surface area contributed by atoms with Gasteiger partial charge in [0.25, 0.3) is 0 Å². The van der Waals surface area contributed by atoms with Crippen LogP contribution in [0.4, 0.5) is 5.69 Å². The lowest BCUT2D eigenvalue weighted by Crippen LogP contribution is -2.17. The van der Waals surface area contributed by atoms with E-state index in [-0.39, 0.29) is 11.8 Å². The second kappa shape index (κ2) is 4.31. The highest BCUT2D eigenvalue weighted by atomic mass is 16.1. The van der Waals surface area contributed by atoms with E-state index in [1.54, 1.807) is 6.20 Å². The van der Waals surface area contributed by atoms with Crippen LogP contribution in [0.2, 0.25) is 0 Å². The van der Waals surface area contributed by atoms with Gasteiger partial charge in [-0.15, -0.1) is 0 Å². The number of nitrogens with zero attached hydrogens (tertiary/aromatic N) is 1. The summed E-state index contributed by atoms with van der Waals surface area (Å²) in [5.41, 5.74) is 1.68. The minimum atomic E-state index is -0.0218. The minimum Gasteiger partial charge on any atom is -0.324 e. The number of carbonyl (C=O) groups excluding carboxylic acids is 1. The van der Waals surface area contributed by atoms with Crippen LogP contribution in [0.25, 0.3) is 10.9 Å². The van der Waals surface area contributed by atoms with Gasteiger partial charge in [-0.2, -0.15) is 0 Å². The molecule has 0 spiro atoms. The summed E-state index contributed by atoms with van der Waals surface area (Å²) in [6, 6.07) is 9.76. The van der Waals surface area contributed by atoms with Gasteiger partial charge in [-0.1, -0.05) is 32.0 Å². The molecule has 0 aliphatic carbocycles. The normalized spacial score (nSPS) is 10.7. The lowest BCUT2D eigenvalue weighted by molar-refractivity contribution is -0.118. The van der Waals surface area contributed by atoms with E-state index in [0.717, 1.165) is 16.6 Å². The Hall–Kier alpha value is -1.90. The number of fused-ring (bicyclic) bond motifs is 1. The van der Waals surface area contributed by atoms with Crippen molar-refractivity contribution >= 4 is 22.5 Å². The number of nitrogens with one attached hydrogen (secondary N) is 1. The number of para-hydroxylation sites is 1. The molecule has 0 bridgehead atoms. The lowest BCUT2D eigenvalue weighted by Gasteiger charge is -2.07. The molecule has 1 heterocycles. The summed E-state index contributed by atoms with van der Waals surface area (Å²) in [5.74, 6) is -0.0106. The van der Waals surface area contributed by atoms with Crippen LogP contribution in [0.1, 0.15) is 13.8 Å². The van der Waals surface area contributed by atoms with Gasteiger partial charge in [-0.3, -0.25) is 9.78 Å². The van der Waals surface area contributed by atoms with E-state index in [1.165, 1.54) is 0 Å². The summed E-state index contributed by atoms with van der Waals surface area (Å²) in [7, 11) is 0. The van der Waals surface area contributed by atoms with Gasteiger partial charge < -0.3 is 5.32 Å². The second-order valence-electron chi connectivity index (χ2n) is 4.06. The molecule has 1 aromatic carbocycles. The van der Waals surface area contributed by atoms with Gasteiger partial charge >= 0.3 is 0 Å². The van der Waals surface area contributed by atoms with Crippen molar-refractivity contribution in [3.05, 3.63) is 36.5 Å². The first-order valence-corrected chi connectivity index (χ1v) is 5.32. The molecule has 2 rings (SSSR count). The average molecular weight is 214 g/mol. The molecule has 1 aromatic heterocycles. The van der Waals surface area contributed by atoms with Crippen LogP contribution in [-0.2, 0) is 4.79 Å². The molecule has 0 radical (unpaired) electrons. The number of rotatable bonds is 2. The maximum absolute atomic E-state index is 11.5.